The predicted molar refractivity (Wildman–Crippen MR) is 161 cm³/mol. The van der Waals surface area contributed by atoms with Crippen molar-refractivity contribution in [3.05, 3.63) is 144 Å². The molecule has 0 aliphatic heterocycles. The monoisotopic (exact) mass is 530 g/mol. The van der Waals surface area contributed by atoms with E-state index < -0.39 is 5.41 Å². The number of ether oxygens (including phenoxy) is 2. The van der Waals surface area contributed by atoms with Crippen LogP contribution in [-0.4, -0.2) is 36.6 Å². The first-order chi connectivity index (χ1) is 19.6. The number of hydrogen-bond acceptors (Lipinski definition) is 4. The number of aliphatic hydroxyl groups is 2. The summed E-state index contributed by atoms with van der Waals surface area (Å²) in [5.74, 6) is 1.47. The predicted octanol–water partition coefficient (Wildman–Crippen LogP) is 7.12. The van der Waals surface area contributed by atoms with Gasteiger partial charge in [0.1, 0.15) is 24.7 Å². The van der Waals surface area contributed by atoms with Crippen LogP contribution in [0.5, 0.6) is 11.5 Å². The van der Waals surface area contributed by atoms with Gasteiger partial charge < -0.3 is 19.7 Å². The molecule has 4 nitrogen and oxygen atoms in total. The lowest BCUT2D eigenvalue weighted by molar-refractivity contribution is 0.202. The van der Waals surface area contributed by atoms with E-state index in [4.69, 9.17) is 9.47 Å². The van der Waals surface area contributed by atoms with Crippen LogP contribution in [0.2, 0.25) is 0 Å². The average Bonchev–Trinajstić information content (AvgIpc) is 3.03. The van der Waals surface area contributed by atoms with Crippen molar-refractivity contribution in [3.8, 4) is 33.8 Å². The molecule has 0 aliphatic rings. The Morgan fingerprint density at radius 3 is 1.30 bits per heavy atom. The lowest BCUT2D eigenvalue weighted by Crippen LogP contribution is -2.25. The maximum absolute atomic E-state index is 9.42. The van der Waals surface area contributed by atoms with Crippen molar-refractivity contribution in [2.24, 2.45) is 0 Å². The van der Waals surface area contributed by atoms with Crippen molar-refractivity contribution in [3.63, 3.8) is 0 Å². The van der Waals surface area contributed by atoms with Crippen molar-refractivity contribution in [1.29, 1.82) is 0 Å². The van der Waals surface area contributed by atoms with Gasteiger partial charge in [-0.25, -0.2) is 0 Å². The molecule has 0 amide bonds. The highest BCUT2D eigenvalue weighted by molar-refractivity contribution is 5.75. The van der Waals surface area contributed by atoms with Crippen molar-refractivity contribution in [2.45, 2.75) is 12.3 Å². The smallest absolute Gasteiger partial charge is 0.127 e. The topological polar surface area (TPSA) is 58.9 Å². The van der Waals surface area contributed by atoms with E-state index in [1.807, 2.05) is 54.6 Å². The zero-order chi connectivity index (χ0) is 27.8. The second kappa shape index (κ2) is 12.6. The lowest BCUT2D eigenvalue weighted by Gasteiger charge is -2.33. The van der Waals surface area contributed by atoms with Gasteiger partial charge in [0, 0.05) is 16.5 Å². The van der Waals surface area contributed by atoms with Gasteiger partial charge in [-0.3, -0.25) is 0 Å². The van der Waals surface area contributed by atoms with Crippen LogP contribution in [0.3, 0.4) is 0 Å². The number of rotatable bonds is 11. The summed E-state index contributed by atoms with van der Waals surface area (Å²) in [4.78, 5) is 0. The van der Waals surface area contributed by atoms with E-state index in [1.165, 1.54) is 0 Å². The Hall–Kier alpha value is -4.38. The van der Waals surface area contributed by atoms with Crippen molar-refractivity contribution in [2.75, 3.05) is 26.4 Å². The molecule has 0 fully saturated rings. The van der Waals surface area contributed by atoms with E-state index in [0.717, 1.165) is 50.4 Å². The van der Waals surface area contributed by atoms with E-state index in [1.54, 1.807) is 0 Å². The van der Waals surface area contributed by atoms with Crippen LogP contribution in [0.1, 0.15) is 23.6 Å². The van der Waals surface area contributed by atoms with E-state index in [-0.39, 0.29) is 26.4 Å². The van der Waals surface area contributed by atoms with Crippen LogP contribution < -0.4 is 9.47 Å². The highest BCUT2D eigenvalue weighted by atomic mass is 16.5. The molecule has 5 rings (SSSR count). The van der Waals surface area contributed by atoms with Crippen molar-refractivity contribution < 1.29 is 19.7 Å². The van der Waals surface area contributed by atoms with Gasteiger partial charge in [-0.05, 0) is 59.0 Å². The molecular weight excluding hydrogens is 496 g/mol. The Morgan fingerprint density at radius 1 is 0.500 bits per heavy atom. The zero-order valence-electron chi connectivity index (χ0n) is 22.7. The molecule has 40 heavy (non-hydrogen) atoms. The molecule has 0 bridgehead atoms. The molecule has 0 unspecified atom stereocenters. The van der Waals surface area contributed by atoms with Gasteiger partial charge in [-0.1, -0.05) is 103 Å². The first-order valence-corrected chi connectivity index (χ1v) is 13.6. The third kappa shape index (κ3) is 5.64. The normalized spacial score (nSPS) is 11.3. The van der Waals surface area contributed by atoms with Gasteiger partial charge >= 0.3 is 0 Å². The van der Waals surface area contributed by atoms with Gasteiger partial charge in [-0.2, -0.15) is 0 Å². The SMILES string of the molecule is CC(c1ccccc1)(c1ccc(OCCO)c(-c2ccccc2)c1)c1ccc(OCCO)c(-c2ccccc2)c1. The largest absolute Gasteiger partial charge is 0.491 e. The lowest BCUT2D eigenvalue weighted by atomic mass is 9.70. The second-order valence-corrected chi connectivity index (χ2v) is 9.79. The van der Waals surface area contributed by atoms with Crippen LogP contribution in [0, 0.1) is 0 Å². The Kier molecular flexibility index (Phi) is 8.60. The zero-order valence-corrected chi connectivity index (χ0v) is 22.7. The highest BCUT2D eigenvalue weighted by Gasteiger charge is 2.33. The Morgan fingerprint density at radius 2 is 0.900 bits per heavy atom. The highest BCUT2D eigenvalue weighted by Crippen LogP contribution is 2.44. The Balaban J connectivity index is 1.72. The molecule has 0 radical (unpaired) electrons. The summed E-state index contributed by atoms with van der Waals surface area (Å²) >= 11 is 0. The third-order valence-electron chi connectivity index (χ3n) is 7.33. The van der Waals surface area contributed by atoms with Crippen LogP contribution in [-0.2, 0) is 5.41 Å². The molecule has 0 aliphatic carbocycles. The molecule has 0 atom stereocenters. The first kappa shape index (κ1) is 27.2. The van der Waals surface area contributed by atoms with E-state index >= 15 is 0 Å². The fourth-order valence-corrected chi connectivity index (χ4v) is 5.20. The number of benzene rings is 5. The minimum absolute atomic E-state index is 0.0509. The van der Waals surface area contributed by atoms with Gasteiger partial charge in [0.05, 0.1) is 13.2 Å². The summed E-state index contributed by atoms with van der Waals surface area (Å²) in [5, 5.41) is 18.8. The van der Waals surface area contributed by atoms with Crippen molar-refractivity contribution in [1.82, 2.24) is 0 Å². The van der Waals surface area contributed by atoms with Crippen LogP contribution >= 0.6 is 0 Å². The standard InChI is InChI=1S/C36H34O4/c1-36(29-15-9-4-10-16-29,30-17-19-34(39-23-21-37)32(25-30)27-11-5-2-6-12-27)31-18-20-35(40-24-22-38)33(26-31)28-13-7-3-8-14-28/h2-20,25-26,37-38H,21-24H2,1H3. The fourth-order valence-electron chi connectivity index (χ4n) is 5.20. The van der Waals surface area contributed by atoms with Crippen LogP contribution in [0.15, 0.2) is 127 Å². The first-order valence-electron chi connectivity index (χ1n) is 13.6. The molecule has 202 valence electrons. The molecule has 0 spiro atoms. The third-order valence-corrected chi connectivity index (χ3v) is 7.33. The number of aliphatic hydroxyl groups excluding tert-OH is 2. The molecule has 4 heteroatoms. The van der Waals surface area contributed by atoms with Crippen molar-refractivity contribution >= 4 is 0 Å². The molecular formula is C36H34O4. The average molecular weight is 531 g/mol. The quantitative estimate of drug-likeness (QED) is 0.179. The summed E-state index contributed by atoms with van der Waals surface area (Å²) < 4.78 is 11.9. The molecule has 0 heterocycles. The Labute approximate surface area is 236 Å². The second-order valence-electron chi connectivity index (χ2n) is 9.79. The summed E-state index contributed by atoms with van der Waals surface area (Å²) in [5.41, 5.74) is 6.89. The minimum Gasteiger partial charge on any atom is -0.491 e. The molecule has 2 N–H and O–H groups in total. The molecule has 5 aromatic rings. The number of hydrogen-bond donors (Lipinski definition) is 2. The molecule has 0 saturated heterocycles. The maximum Gasteiger partial charge on any atom is 0.127 e. The minimum atomic E-state index is -0.515. The summed E-state index contributed by atoms with van der Waals surface area (Å²) in [6.45, 7) is 2.60. The van der Waals surface area contributed by atoms with Crippen LogP contribution in [0.4, 0.5) is 0 Å². The van der Waals surface area contributed by atoms with E-state index in [2.05, 4.69) is 79.7 Å². The van der Waals surface area contributed by atoms with E-state index in [9.17, 15) is 10.2 Å². The van der Waals surface area contributed by atoms with Gasteiger partial charge in [0.15, 0.2) is 0 Å². The molecule has 5 aromatic carbocycles. The summed E-state index contributed by atoms with van der Waals surface area (Å²) in [6, 6.07) is 43.5. The molecule has 0 saturated carbocycles. The molecule has 0 aromatic heterocycles. The summed E-state index contributed by atoms with van der Waals surface area (Å²) in [6.07, 6.45) is 0. The maximum atomic E-state index is 9.42. The van der Waals surface area contributed by atoms with Gasteiger partial charge in [0.25, 0.3) is 0 Å². The van der Waals surface area contributed by atoms with E-state index in [0.29, 0.717) is 0 Å². The summed E-state index contributed by atoms with van der Waals surface area (Å²) in [7, 11) is 0. The fraction of sp³-hybridized carbons (Fsp3) is 0.167. The van der Waals surface area contributed by atoms with Crippen LogP contribution in [0.25, 0.3) is 22.3 Å². The van der Waals surface area contributed by atoms with Gasteiger partial charge in [-0.15, -0.1) is 0 Å². The van der Waals surface area contributed by atoms with Gasteiger partial charge in [0.2, 0.25) is 0 Å². The Bertz CT molecular complexity index is 1420.